The van der Waals surface area contributed by atoms with Gasteiger partial charge in [-0.2, -0.15) is 0 Å². The number of nitrogens with one attached hydrogen (secondary N) is 2. The number of hydrogen-bond donors (Lipinski definition) is 2. The van der Waals surface area contributed by atoms with Crippen molar-refractivity contribution in [3.63, 3.8) is 0 Å². The first kappa shape index (κ1) is 18.1. The molecule has 1 heterocycles. The molecule has 126 valence electrons. The van der Waals surface area contributed by atoms with Gasteiger partial charge in [-0.3, -0.25) is 9.59 Å². The summed E-state index contributed by atoms with van der Waals surface area (Å²) in [5.74, 6) is -0.179. The highest BCUT2D eigenvalue weighted by molar-refractivity contribution is 9.10. The Kier molecular flexibility index (Phi) is 6.09. The standard InChI is InChI=1S/C18H20BrN3O2/c1-11(2)16(18(24)21-15-9-8-14(19)10-20-15)22-17(23)13-6-4-12(3)5-7-13/h4-11,16H,1-3H3,(H,22,23)(H,20,21,24). The van der Waals surface area contributed by atoms with Crippen LogP contribution >= 0.6 is 15.9 Å². The number of carbonyl (C=O) groups excluding carboxylic acids is 2. The molecule has 0 saturated heterocycles. The lowest BCUT2D eigenvalue weighted by Gasteiger charge is -2.21. The number of pyridine rings is 1. The lowest BCUT2D eigenvalue weighted by Crippen LogP contribution is -2.47. The van der Waals surface area contributed by atoms with Gasteiger partial charge in [0.05, 0.1) is 0 Å². The van der Waals surface area contributed by atoms with Crippen LogP contribution in [-0.2, 0) is 4.79 Å². The minimum absolute atomic E-state index is 0.0603. The highest BCUT2D eigenvalue weighted by Gasteiger charge is 2.25. The lowest BCUT2D eigenvalue weighted by molar-refractivity contribution is -0.118. The van der Waals surface area contributed by atoms with Crippen molar-refractivity contribution in [3.05, 3.63) is 58.2 Å². The van der Waals surface area contributed by atoms with Gasteiger partial charge in [0.15, 0.2) is 0 Å². The summed E-state index contributed by atoms with van der Waals surface area (Å²) in [7, 11) is 0. The summed E-state index contributed by atoms with van der Waals surface area (Å²) in [6, 6.07) is 10.1. The Balaban J connectivity index is 2.07. The van der Waals surface area contributed by atoms with Gasteiger partial charge >= 0.3 is 0 Å². The summed E-state index contributed by atoms with van der Waals surface area (Å²) >= 11 is 3.30. The van der Waals surface area contributed by atoms with Gasteiger partial charge in [-0.15, -0.1) is 0 Å². The fourth-order valence-electron chi connectivity index (χ4n) is 2.12. The average Bonchev–Trinajstić information content (AvgIpc) is 2.54. The van der Waals surface area contributed by atoms with Gasteiger partial charge in [0.25, 0.3) is 5.91 Å². The Morgan fingerprint density at radius 1 is 1.08 bits per heavy atom. The predicted octanol–water partition coefficient (Wildman–Crippen LogP) is 3.55. The van der Waals surface area contributed by atoms with Crippen molar-refractivity contribution in [1.29, 1.82) is 0 Å². The average molecular weight is 390 g/mol. The number of aromatic nitrogens is 1. The minimum Gasteiger partial charge on any atom is -0.340 e. The van der Waals surface area contributed by atoms with Gasteiger partial charge in [0, 0.05) is 16.2 Å². The van der Waals surface area contributed by atoms with Crippen LogP contribution in [0.3, 0.4) is 0 Å². The molecular weight excluding hydrogens is 370 g/mol. The zero-order valence-electron chi connectivity index (χ0n) is 13.8. The smallest absolute Gasteiger partial charge is 0.251 e. The molecule has 1 aromatic heterocycles. The number of benzene rings is 1. The molecule has 0 saturated carbocycles. The summed E-state index contributed by atoms with van der Waals surface area (Å²) in [6.07, 6.45) is 1.60. The zero-order valence-corrected chi connectivity index (χ0v) is 15.4. The molecule has 2 rings (SSSR count). The van der Waals surface area contributed by atoms with E-state index in [1.165, 1.54) is 0 Å². The van der Waals surface area contributed by atoms with E-state index in [4.69, 9.17) is 0 Å². The van der Waals surface area contributed by atoms with Crippen molar-refractivity contribution >= 4 is 33.6 Å². The maximum Gasteiger partial charge on any atom is 0.251 e. The van der Waals surface area contributed by atoms with Crippen LogP contribution in [-0.4, -0.2) is 22.8 Å². The predicted molar refractivity (Wildman–Crippen MR) is 97.8 cm³/mol. The fourth-order valence-corrected chi connectivity index (χ4v) is 2.35. The van der Waals surface area contributed by atoms with Gasteiger partial charge in [0.2, 0.25) is 5.91 Å². The molecule has 1 aromatic carbocycles. The summed E-state index contributed by atoms with van der Waals surface area (Å²) < 4.78 is 0.827. The first-order valence-electron chi connectivity index (χ1n) is 7.67. The van der Waals surface area contributed by atoms with Crippen molar-refractivity contribution in [3.8, 4) is 0 Å². The first-order chi connectivity index (χ1) is 11.4. The van der Waals surface area contributed by atoms with E-state index in [1.54, 1.807) is 30.5 Å². The Labute approximate surface area is 150 Å². The number of hydrogen-bond acceptors (Lipinski definition) is 3. The third kappa shape index (κ3) is 4.89. The highest BCUT2D eigenvalue weighted by Crippen LogP contribution is 2.12. The van der Waals surface area contributed by atoms with Gasteiger partial charge in [-0.05, 0) is 53.0 Å². The number of aryl methyl sites for hydroxylation is 1. The van der Waals surface area contributed by atoms with E-state index >= 15 is 0 Å². The van der Waals surface area contributed by atoms with Crippen LogP contribution in [0, 0.1) is 12.8 Å². The normalized spacial score (nSPS) is 11.9. The number of carbonyl (C=O) groups is 2. The molecule has 0 fully saturated rings. The van der Waals surface area contributed by atoms with Crippen molar-refractivity contribution in [1.82, 2.24) is 10.3 Å². The van der Waals surface area contributed by atoms with Crippen LogP contribution in [0.1, 0.15) is 29.8 Å². The molecule has 0 radical (unpaired) electrons. The van der Waals surface area contributed by atoms with Crippen molar-refractivity contribution in [2.75, 3.05) is 5.32 Å². The summed E-state index contributed by atoms with van der Waals surface area (Å²) in [5, 5.41) is 5.53. The van der Waals surface area contributed by atoms with Crippen molar-refractivity contribution in [2.24, 2.45) is 5.92 Å². The number of rotatable bonds is 5. The third-order valence-electron chi connectivity index (χ3n) is 3.53. The Morgan fingerprint density at radius 2 is 1.75 bits per heavy atom. The summed E-state index contributed by atoms with van der Waals surface area (Å²) in [5.41, 5.74) is 1.60. The monoisotopic (exact) mass is 389 g/mol. The van der Waals surface area contributed by atoms with Crippen LogP contribution < -0.4 is 10.6 Å². The molecule has 2 aromatic rings. The molecule has 1 atom stereocenters. The third-order valence-corrected chi connectivity index (χ3v) is 4.00. The Morgan fingerprint density at radius 3 is 2.29 bits per heavy atom. The van der Waals surface area contributed by atoms with E-state index in [9.17, 15) is 9.59 Å². The van der Waals surface area contributed by atoms with E-state index in [2.05, 4.69) is 31.5 Å². The maximum atomic E-state index is 12.5. The largest absolute Gasteiger partial charge is 0.340 e. The second kappa shape index (κ2) is 8.06. The van der Waals surface area contributed by atoms with E-state index in [1.807, 2.05) is 32.9 Å². The maximum absolute atomic E-state index is 12.5. The second-order valence-electron chi connectivity index (χ2n) is 5.91. The van der Waals surface area contributed by atoms with Gasteiger partial charge in [-0.25, -0.2) is 4.98 Å². The molecular formula is C18H20BrN3O2. The minimum atomic E-state index is -0.649. The van der Waals surface area contributed by atoms with E-state index < -0.39 is 6.04 Å². The van der Waals surface area contributed by atoms with E-state index in [0.717, 1.165) is 10.0 Å². The molecule has 2 N–H and O–H groups in total. The SMILES string of the molecule is Cc1ccc(C(=O)NC(C(=O)Nc2ccc(Br)cn2)C(C)C)cc1. The van der Waals surface area contributed by atoms with Crippen LogP contribution in [0.2, 0.25) is 0 Å². The molecule has 24 heavy (non-hydrogen) atoms. The lowest BCUT2D eigenvalue weighted by atomic mass is 10.0. The molecule has 5 nitrogen and oxygen atoms in total. The topological polar surface area (TPSA) is 71.1 Å². The number of amides is 2. The van der Waals surface area contributed by atoms with E-state index in [-0.39, 0.29) is 17.7 Å². The van der Waals surface area contributed by atoms with Gasteiger partial charge in [-0.1, -0.05) is 31.5 Å². The van der Waals surface area contributed by atoms with Crippen LogP contribution in [0.25, 0.3) is 0 Å². The Bertz CT molecular complexity index is 712. The molecule has 0 spiro atoms. The van der Waals surface area contributed by atoms with Crippen molar-refractivity contribution in [2.45, 2.75) is 26.8 Å². The first-order valence-corrected chi connectivity index (χ1v) is 8.46. The molecule has 0 aliphatic rings. The van der Waals surface area contributed by atoms with Crippen LogP contribution in [0.15, 0.2) is 47.1 Å². The van der Waals surface area contributed by atoms with E-state index in [0.29, 0.717) is 11.4 Å². The quantitative estimate of drug-likeness (QED) is 0.821. The second-order valence-corrected chi connectivity index (χ2v) is 6.83. The molecule has 0 bridgehead atoms. The van der Waals surface area contributed by atoms with Crippen molar-refractivity contribution < 1.29 is 9.59 Å². The Hall–Kier alpha value is -2.21. The zero-order chi connectivity index (χ0) is 17.7. The molecule has 6 heteroatoms. The van der Waals surface area contributed by atoms with Crippen LogP contribution in [0.5, 0.6) is 0 Å². The number of anilines is 1. The number of nitrogens with zero attached hydrogens (tertiary/aromatic N) is 1. The molecule has 0 aliphatic heterocycles. The van der Waals surface area contributed by atoms with Crippen LogP contribution in [0.4, 0.5) is 5.82 Å². The molecule has 2 amide bonds. The highest BCUT2D eigenvalue weighted by atomic mass is 79.9. The molecule has 0 aliphatic carbocycles. The van der Waals surface area contributed by atoms with Gasteiger partial charge < -0.3 is 10.6 Å². The fraction of sp³-hybridized carbons (Fsp3) is 0.278. The summed E-state index contributed by atoms with van der Waals surface area (Å²) in [6.45, 7) is 5.72. The van der Waals surface area contributed by atoms with Gasteiger partial charge in [0.1, 0.15) is 11.9 Å². The molecule has 1 unspecified atom stereocenters. The summed E-state index contributed by atoms with van der Waals surface area (Å²) in [4.78, 5) is 29.0. The number of halogens is 1.